The second-order valence-electron chi connectivity index (χ2n) is 5.57. The maximum Gasteiger partial charge on any atom is 0.220 e. The predicted molar refractivity (Wildman–Crippen MR) is 96.3 cm³/mol. The number of oxazole rings is 1. The number of hydrogen-bond acceptors (Lipinski definition) is 5. The van der Waals surface area contributed by atoms with Gasteiger partial charge in [-0.1, -0.05) is 12.1 Å². The van der Waals surface area contributed by atoms with Crippen molar-refractivity contribution in [1.29, 1.82) is 0 Å². The van der Waals surface area contributed by atoms with E-state index in [4.69, 9.17) is 14.3 Å². The summed E-state index contributed by atoms with van der Waals surface area (Å²) in [7, 11) is 4.03. The summed E-state index contributed by atoms with van der Waals surface area (Å²) >= 11 is 0. The van der Waals surface area contributed by atoms with Gasteiger partial charge < -0.3 is 19.2 Å². The standard InChI is InChI=1S/C19H20N2O3/c1-21(2)15-6-3-14(4-7-15)5-10-19-20-17-9-8-16(23-12-11-22)13-18(17)24-19/h3-10,13,22H,11-12H2,1-2H3/b10-5+. The van der Waals surface area contributed by atoms with Crippen LogP contribution in [0.15, 0.2) is 46.9 Å². The molecule has 0 amide bonds. The fourth-order valence-corrected chi connectivity index (χ4v) is 2.30. The minimum atomic E-state index is -0.0188. The van der Waals surface area contributed by atoms with E-state index in [-0.39, 0.29) is 13.2 Å². The van der Waals surface area contributed by atoms with Crippen LogP contribution in [0, 0.1) is 0 Å². The lowest BCUT2D eigenvalue weighted by Crippen LogP contribution is -2.07. The van der Waals surface area contributed by atoms with Gasteiger partial charge in [0.05, 0.1) is 6.61 Å². The van der Waals surface area contributed by atoms with Gasteiger partial charge in [-0.15, -0.1) is 0 Å². The third-order valence-corrected chi connectivity index (χ3v) is 3.56. The van der Waals surface area contributed by atoms with Crippen molar-refractivity contribution in [2.75, 3.05) is 32.2 Å². The molecule has 0 saturated carbocycles. The monoisotopic (exact) mass is 324 g/mol. The lowest BCUT2D eigenvalue weighted by atomic mass is 10.2. The van der Waals surface area contributed by atoms with Crippen LogP contribution in [0.1, 0.15) is 11.5 Å². The normalized spacial score (nSPS) is 11.3. The van der Waals surface area contributed by atoms with Crippen molar-refractivity contribution < 1.29 is 14.3 Å². The summed E-state index contributed by atoms with van der Waals surface area (Å²) in [5.74, 6) is 1.20. The summed E-state index contributed by atoms with van der Waals surface area (Å²) in [6, 6.07) is 13.7. The maximum absolute atomic E-state index is 8.80. The van der Waals surface area contributed by atoms with Crippen LogP contribution in [0.2, 0.25) is 0 Å². The molecule has 124 valence electrons. The molecule has 3 rings (SSSR count). The Hall–Kier alpha value is -2.79. The molecule has 0 aliphatic rings. The minimum Gasteiger partial charge on any atom is -0.491 e. The Bertz CT molecular complexity index is 835. The van der Waals surface area contributed by atoms with E-state index >= 15 is 0 Å². The second-order valence-corrected chi connectivity index (χ2v) is 5.57. The van der Waals surface area contributed by atoms with Gasteiger partial charge in [0, 0.05) is 31.9 Å². The molecule has 0 spiro atoms. The molecule has 0 radical (unpaired) electrons. The van der Waals surface area contributed by atoms with Crippen LogP contribution < -0.4 is 9.64 Å². The Balaban J connectivity index is 1.76. The largest absolute Gasteiger partial charge is 0.491 e. The van der Waals surface area contributed by atoms with Crippen LogP contribution in [0.5, 0.6) is 5.75 Å². The van der Waals surface area contributed by atoms with Gasteiger partial charge >= 0.3 is 0 Å². The Morgan fingerprint density at radius 2 is 1.92 bits per heavy atom. The quantitative estimate of drug-likeness (QED) is 0.753. The Kier molecular flexibility index (Phi) is 4.82. The summed E-state index contributed by atoms with van der Waals surface area (Å²) in [6.45, 7) is 0.240. The zero-order valence-electron chi connectivity index (χ0n) is 13.8. The van der Waals surface area contributed by atoms with Gasteiger partial charge in [-0.3, -0.25) is 0 Å². The summed E-state index contributed by atoms with van der Waals surface area (Å²) in [5, 5.41) is 8.80. The van der Waals surface area contributed by atoms with Crippen molar-refractivity contribution in [1.82, 2.24) is 4.98 Å². The van der Waals surface area contributed by atoms with Crippen molar-refractivity contribution in [3.8, 4) is 5.75 Å². The fraction of sp³-hybridized carbons (Fsp3) is 0.211. The van der Waals surface area contributed by atoms with E-state index in [0.29, 0.717) is 17.2 Å². The first kappa shape index (κ1) is 16.1. The van der Waals surface area contributed by atoms with Gasteiger partial charge in [-0.25, -0.2) is 4.98 Å². The molecule has 0 aliphatic heterocycles. The molecule has 0 unspecified atom stereocenters. The van der Waals surface area contributed by atoms with Gasteiger partial charge in [0.25, 0.3) is 0 Å². The van der Waals surface area contributed by atoms with Crippen LogP contribution >= 0.6 is 0 Å². The molecule has 1 heterocycles. The first-order valence-electron chi connectivity index (χ1n) is 7.75. The van der Waals surface area contributed by atoms with Crippen LogP contribution in [0.25, 0.3) is 23.3 Å². The van der Waals surface area contributed by atoms with Gasteiger partial charge in [-0.2, -0.15) is 0 Å². The van der Waals surface area contributed by atoms with E-state index in [2.05, 4.69) is 34.1 Å². The molecule has 2 aromatic carbocycles. The number of anilines is 1. The van der Waals surface area contributed by atoms with Crippen LogP contribution in [-0.4, -0.2) is 37.4 Å². The zero-order valence-corrected chi connectivity index (χ0v) is 13.8. The highest BCUT2D eigenvalue weighted by Gasteiger charge is 2.05. The molecule has 1 N–H and O–H groups in total. The summed E-state index contributed by atoms with van der Waals surface area (Å²) in [6.07, 6.45) is 3.81. The molecule has 0 fully saturated rings. The van der Waals surface area contributed by atoms with Gasteiger partial charge in [-0.05, 0) is 35.9 Å². The average Bonchev–Trinajstić information content (AvgIpc) is 3.00. The third-order valence-electron chi connectivity index (χ3n) is 3.56. The van der Waals surface area contributed by atoms with E-state index in [1.54, 1.807) is 6.07 Å². The molecular weight excluding hydrogens is 304 g/mol. The van der Waals surface area contributed by atoms with Crippen molar-refractivity contribution in [2.45, 2.75) is 0 Å². The second kappa shape index (κ2) is 7.19. The number of ether oxygens (including phenoxy) is 1. The van der Waals surface area contributed by atoms with E-state index in [1.165, 1.54) is 0 Å². The van der Waals surface area contributed by atoms with E-state index in [1.807, 2.05) is 38.4 Å². The van der Waals surface area contributed by atoms with E-state index in [9.17, 15) is 0 Å². The SMILES string of the molecule is CN(C)c1ccc(/C=C/c2nc3ccc(OCCO)cc3o2)cc1. The minimum absolute atomic E-state index is 0.0188. The summed E-state index contributed by atoms with van der Waals surface area (Å²) in [5.41, 5.74) is 3.67. The smallest absolute Gasteiger partial charge is 0.220 e. The molecule has 0 aliphatic carbocycles. The summed E-state index contributed by atoms with van der Waals surface area (Å²) < 4.78 is 11.1. The molecule has 5 heteroatoms. The Morgan fingerprint density at radius 3 is 2.62 bits per heavy atom. The highest BCUT2D eigenvalue weighted by atomic mass is 16.5. The lowest BCUT2D eigenvalue weighted by Gasteiger charge is -2.11. The molecule has 0 saturated heterocycles. The van der Waals surface area contributed by atoms with Gasteiger partial charge in [0.1, 0.15) is 17.9 Å². The lowest BCUT2D eigenvalue weighted by molar-refractivity contribution is 0.201. The summed E-state index contributed by atoms with van der Waals surface area (Å²) in [4.78, 5) is 6.49. The molecule has 3 aromatic rings. The highest BCUT2D eigenvalue weighted by Crippen LogP contribution is 2.23. The average molecular weight is 324 g/mol. The Labute approximate surface area is 140 Å². The molecule has 0 bridgehead atoms. The molecule has 5 nitrogen and oxygen atoms in total. The number of hydrogen-bond donors (Lipinski definition) is 1. The van der Waals surface area contributed by atoms with Gasteiger partial charge in [0.15, 0.2) is 5.58 Å². The van der Waals surface area contributed by atoms with Crippen LogP contribution in [-0.2, 0) is 0 Å². The molecular formula is C19H20N2O3. The number of benzene rings is 2. The van der Waals surface area contributed by atoms with E-state index < -0.39 is 0 Å². The first-order chi connectivity index (χ1) is 11.7. The molecule has 1 aromatic heterocycles. The zero-order chi connectivity index (χ0) is 16.9. The number of nitrogens with zero attached hydrogens (tertiary/aromatic N) is 2. The number of aliphatic hydroxyl groups is 1. The van der Waals surface area contributed by atoms with Crippen LogP contribution in [0.4, 0.5) is 5.69 Å². The highest BCUT2D eigenvalue weighted by molar-refractivity contribution is 5.77. The topological polar surface area (TPSA) is 58.7 Å². The number of rotatable bonds is 6. The fourth-order valence-electron chi connectivity index (χ4n) is 2.30. The predicted octanol–water partition coefficient (Wildman–Crippen LogP) is 3.44. The Morgan fingerprint density at radius 1 is 1.12 bits per heavy atom. The first-order valence-corrected chi connectivity index (χ1v) is 7.75. The van der Waals surface area contributed by atoms with E-state index in [0.717, 1.165) is 16.8 Å². The van der Waals surface area contributed by atoms with Gasteiger partial charge in [0.2, 0.25) is 5.89 Å². The molecule has 0 atom stereocenters. The number of aromatic nitrogens is 1. The van der Waals surface area contributed by atoms with Crippen molar-refractivity contribution in [2.24, 2.45) is 0 Å². The maximum atomic E-state index is 8.80. The van der Waals surface area contributed by atoms with Crippen molar-refractivity contribution in [3.05, 3.63) is 53.9 Å². The van der Waals surface area contributed by atoms with Crippen molar-refractivity contribution in [3.63, 3.8) is 0 Å². The number of aliphatic hydroxyl groups excluding tert-OH is 1. The number of fused-ring (bicyclic) bond motifs is 1. The third kappa shape index (κ3) is 3.75. The molecule has 24 heavy (non-hydrogen) atoms. The van der Waals surface area contributed by atoms with Crippen molar-refractivity contribution >= 4 is 28.9 Å². The van der Waals surface area contributed by atoms with Crippen LogP contribution in [0.3, 0.4) is 0 Å².